The smallest absolute Gasteiger partial charge is 0.290 e. The van der Waals surface area contributed by atoms with Crippen LogP contribution in [0.4, 0.5) is 0 Å². The van der Waals surface area contributed by atoms with E-state index in [0.717, 1.165) is 11.3 Å². The molecule has 4 rings (SSSR count). The molecule has 0 aliphatic carbocycles. The predicted octanol–water partition coefficient (Wildman–Crippen LogP) is 4.05. The summed E-state index contributed by atoms with van der Waals surface area (Å²) in [7, 11) is 0. The van der Waals surface area contributed by atoms with Gasteiger partial charge in [0.25, 0.3) is 5.91 Å². The summed E-state index contributed by atoms with van der Waals surface area (Å²) in [6.45, 7) is 2.63. The molecule has 2 aromatic heterocycles. The Hall–Kier alpha value is -3.74. The fraction of sp³-hybridized carbons (Fsp3) is 0.182. The number of aliphatic hydroxyl groups is 1. The lowest BCUT2D eigenvalue weighted by Gasteiger charge is -2.24. The molecule has 0 saturated heterocycles. The number of aliphatic hydroxyl groups excluding tert-OH is 1. The second-order valence-electron chi connectivity index (χ2n) is 6.50. The minimum atomic E-state index is -0.860. The number of hydrogen-bond donors (Lipinski definition) is 1. The van der Waals surface area contributed by atoms with Crippen LogP contribution >= 0.6 is 0 Å². The average Bonchev–Trinajstić information content (AvgIpc) is 3.48. The highest BCUT2D eigenvalue weighted by atomic mass is 16.5. The highest BCUT2D eigenvalue weighted by Gasteiger charge is 2.45. The Morgan fingerprint density at radius 3 is 2.45 bits per heavy atom. The van der Waals surface area contributed by atoms with Gasteiger partial charge in [-0.1, -0.05) is 12.1 Å². The maximum atomic E-state index is 12.9. The van der Waals surface area contributed by atoms with Gasteiger partial charge in [0.05, 0.1) is 24.7 Å². The lowest BCUT2D eigenvalue weighted by atomic mass is 9.99. The van der Waals surface area contributed by atoms with Crippen LogP contribution in [0.1, 0.15) is 34.8 Å². The number of Topliss-reactive ketones (excluding diaryl/α,β-unsaturated/α-hetero) is 1. The van der Waals surface area contributed by atoms with Gasteiger partial charge in [0.1, 0.15) is 17.6 Å². The Morgan fingerprint density at radius 1 is 1.10 bits per heavy atom. The van der Waals surface area contributed by atoms with E-state index < -0.39 is 23.5 Å². The molecule has 1 aliphatic rings. The van der Waals surface area contributed by atoms with Crippen molar-refractivity contribution in [1.29, 1.82) is 0 Å². The van der Waals surface area contributed by atoms with E-state index in [1.54, 1.807) is 18.2 Å². The summed E-state index contributed by atoms with van der Waals surface area (Å²) >= 11 is 0. The molecule has 148 valence electrons. The lowest BCUT2D eigenvalue weighted by Crippen LogP contribution is -2.30. The van der Waals surface area contributed by atoms with Crippen LogP contribution < -0.4 is 4.74 Å². The van der Waals surface area contributed by atoms with Crippen molar-refractivity contribution in [2.24, 2.45) is 0 Å². The molecule has 3 aromatic rings. The van der Waals surface area contributed by atoms with Crippen LogP contribution in [0.15, 0.2) is 81.2 Å². The standard InChI is InChI=1S/C22H19NO6/c1-2-27-15-9-7-14(8-10-15)13-23-19(16-5-3-11-28-16)18(21(25)22(23)26)20(24)17-6-4-12-29-17/h3-12,19,25H,2,13H2,1H3. The number of nitrogens with zero attached hydrogens (tertiary/aromatic N) is 1. The number of ether oxygens (including phenoxy) is 1. The maximum absolute atomic E-state index is 12.9. The molecule has 0 fully saturated rings. The highest BCUT2D eigenvalue weighted by molar-refractivity contribution is 6.14. The molecule has 0 radical (unpaired) electrons. The Kier molecular flexibility index (Phi) is 4.95. The monoisotopic (exact) mass is 393 g/mol. The van der Waals surface area contributed by atoms with Crippen LogP contribution in [0.2, 0.25) is 0 Å². The van der Waals surface area contributed by atoms with Crippen molar-refractivity contribution in [3.63, 3.8) is 0 Å². The van der Waals surface area contributed by atoms with E-state index in [4.69, 9.17) is 13.6 Å². The van der Waals surface area contributed by atoms with E-state index in [1.165, 1.54) is 23.5 Å². The molecule has 1 unspecified atom stereocenters. The summed E-state index contributed by atoms with van der Waals surface area (Å²) in [4.78, 5) is 27.2. The van der Waals surface area contributed by atoms with E-state index in [2.05, 4.69) is 0 Å². The molecule has 0 spiro atoms. The fourth-order valence-corrected chi connectivity index (χ4v) is 3.39. The van der Waals surface area contributed by atoms with Crippen LogP contribution in [0.5, 0.6) is 5.75 Å². The maximum Gasteiger partial charge on any atom is 0.290 e. The van der Waals surface area contributed by atoms with E-state index in [-0.39, 0.29) is 17.9 Å². The van der Waals surface area contributed by atoms with Crippen LogP contribution in [0, 0.1) is 0 Å². The molecule has 0 saturated carbocycles. The molecule has 7 heteroatoms. The Labute approximate surface area is 166 Å². The van der Waals surface area contributed by atoms with Crippen LogP contribution in [-0.4, -0.2) is 28.3 Å². The highest BCUT2D eigenvalue weighted by Crippen LogP contribution is 2.40. The van der Waals surface area contributed by atoms with E-state index in [0.29, 0.717) is 12.4 Å². The number of carbonyl (C=O) groups is 2. The Bertz CT molecular complexity index is 1030. The molecular weight excluding hydrogens is 374 g/mol. The van der Waals surface area contributed by atoms with E-state index in [1.807, 2.05) is 31.2 Å². The summed E-state index contributed by atoms with van der Waals surface area (Å²) in [5, 5.41) is 10.5. The Morgan fingerprint density at radius 2 is 1.83 bits per heavy atom. The number of amides is 1. The lowest BCUT2D eigenvalue weighted by molar-refractivity contribution is -0.130. The van der Waals surface area contributed by atoms with Crippen molar-refractivity contribution in [3.05, 3.63) is 89.5 Å². The predicted molar refractivity (Wildman–Crippen MR) is 102 cm³/mol. The molecule has 1 N–H and O–H groups in total. The van der Waals surface area contributed by atoms with Crippen molar-refractivity contribution in [1.82, 2.24) is 4.90 Å². The van der Waals surface area contributed by atoms with Gasteiger partial charge in [-0.3, -0.25) is 9.59 Å². The van der Waals surface area contributed by atoms with Gasteiger partial charge in [0, 0.05) is 6.54 Å². The summed E-state index contributed by atoms with van der Waals surface area (Å²) in [6.07, 6.45) is 2.82. The zero-order valence-corrected chi connectivity index (χ0v) is 15.7. The number of ketones is 1. The van der Waals surface area contributed by atoms with Crippen molar-refractivity contribution in [2.45, 2.75) is 19.5 Å². The van der Waals surface area contributed by atoms with Crippen LogP contribution in [0.3, 0.4) is 0 Å². The largest absolute Gasteiger partial charge is 0.503 e. The van der Waals surface area contributed by atoms with E-state index >= 15 is 0 Å². The van der Waals surface area contributed by atoms with Gasteiger partial charge < -0.3 is 23.6 Å². The molecule has 29 heavy (non-hydrogen) atoms. The van der Waals surface area contributed by atoms with Gasteiger partial charge in [-0.2, -0.15) is 0 Å². The normalized spacial score (nSPS) is 16.5. The molecule has 1 aliphatic heterocycles. The van der Waals surface area contributed by atoms with Crippen molar-refractivity contribution >= 4 is 11.7 Å². The van der Waals surface area contributed by atoms with Gasteiger partial charge in [-0.05, 0) is 48.9 Å². The number of benzene rings is 1. The number of furan rings is 2. The summed E-state index contributed by atoms with van der Waals surface area (Å²) in [5.41, 5.74) is 0.753. The first-order chi connectivity index (χ1) is 14.1. The van der Waals surface area contributed by atoms with Crippen molar-refractivity contribution in [2.75, 3.05) is 6.61 Å². The van der Waals surface area contributed by atoms with Crippen molar-refractivity contribution < 1.29 is 28.3 Å². The first kappa shape index (κ1) is 18.6. The molecule has 1 atom stereocenters. The fourth-order valence-electron chi connectivity index (χ4n) is 3.39. The molecule has 7 nitrogen and oxygen atoms in total. The van der Waals surface area contributed by atoms with Gasteiger partial charge >= 0.3 is 0 Å². The van der Waals surface area contributed by atoms with Gasteiger partial charge in [-0.15, -0.1) is 0 Å². The second-order valence-corrected chi connectivity index (χ2v) is 6.50. The Balaban J connectivity index is 1.68. The molecule has 1 aromatic carbocycles. The third kappa shape index (κ3) is 3.42. The number of rotatable bonds is 7. The van der Waals surface area contributed by atoms with Gasteiger partial charge in [0.2, 0.25) is 5.78 Å². The second kappa shape index (κ2) is 7.71. The average molecular weight is 393 g/mol. The van der Waals surface area contributed by atoms with Crippen molar-refractivity contribution in [3.8, 4) is 5.75 Å². The molecule has 1 amide bonds. The van der Waals surface area contributed by atoms with E-state index in [9.17, 15) is 14.7 Å². The molecular formula is C22H19NO6. The van der Waals surface area contributed by atoms with Crippen LogP contribution in [0.25, 0.3) is 0 Å². The number of carbonyl (C=O) groups excluding carboxylic acids is 2. The first-order valence-corrected chi connectivity index (χ1v) is 9.17. The number of hydrogen-bond acceptors (Lipinski definition) is 6. The molecule has 0 bridgehead atoms. The minimum absolute atomic E-state index is 0.0406. The quantitative estimate of drug-likeness (QED) is 0.609. The van der Waals surface area contributed by atoms with Gasteiger partial charge in [0.15, 0.2) is 11.5 Å². The topological polar surface area (TPSA) is 93.1 Å². The van der Waals surface area contributed by atoms with Gasteiger partial charge in [-0.25, -0.2) is 0 Å². The zero-order valence-electron chi connectivity index (χ0n) is 15.7. The molecule has 3 heterocycles. The minimum Gasteiger partial charge on any atom is -0.503 e. The van der Waals surface area contributed by atoms with Crippen LogP contribution in [-0.2, 0) is 11.3 Å². The zero-order chi connectivity index (χ0) is 20.4. The first-order valence-electron chi connectivity index (χ1n) is 9.17. The SMILES string of the molecule is CCOc1ccc(CN2C(=O)C(O)=C(C(=O)c3ccco3)C2c2ccco2)cc1. The summed E-state index contributed by atoms with van der Waals surface area (Å²) in [6, 6.07) is 12.8. The summed E-state index contributed by atoms with van der Waals surface area (Å²) in [5.74, 6) is -0.659. The summed E-state index contributed by atoms with van der Waals surface area (Å²) < 4.78 is 16.1. The third-order valence-corrected chi connectivity index (χ3v) is 4.69. The third-order valence-electron chi connectivity index (χ3n) is 4.69.